The van der Waals surface area contributed by atoms with Gasteiger partial charge >= 0.3 is 6.29 Å². The summed E-state index contributed by atoms with van der Waals surface area (Å²) in [7, 11) is 0. The van der Waals surface area contributed by atoms with Crippen LogP contribution in [0.2, 0.25) is 0 Å². The monoisotopic (exact) mass is 1110 g/mol. The van der Waals surface area contributed by atoms with Crippen LogP contribution in [0.15, 0.2) is 216 Å². The molecule has 12 heteroatoms. The number of hydrogen-bond acceptors (Lipinski definition) is 10. The van der Waals surface area contributed by atoms with Crippen LogP contribution >= 0.6 is 11.3 Å². The fraction of sp³-hybridized carbons (Fsp3) is 0.246. The van der Waals surface area contributed by atoms with Gasteiger partial charge in [0.2, 0.25) is 6.79 Å². The molecule has 0 fully saturated rings. The predicted octanol–water partition coefficient (Wildman–Crippen LogP) is 17.5. The highest BCUT2D eigenvalue weighted by Gasteiger charge is 2.43. The molecule has 0 saturated heterocycles. The number of benzene rings is 8. The lowest BCUT2D eigenvalue weighted by Gasteiger charge is -2.17. The van der Waals surface area contributed by atoms with Crippen LogP contribution in [0.5, 0.6) is 34.5 Å². The third-order valence-corrected chi connectivity index (χ3v) is 14.4. The van der Waals surface area contributed by atoms with Gasteiger partial charge in [0.25, 0.3) is 0 Å². The molecule has 0 spiro atoms. The van der Waals surface area contributed by atoms with E-state index >= 15 is 0 Å². The van der Waals surface area contributed by atoms with E-state index in [2.05, 4.69) is 110 Å². The number of aromatic nitrogens is 2. The molecule has 10 aromatic rings. The second kappa shape index (κ2) is 30.2. The molecule has 6 aliphatic rings. The van der Waals surface area contributed by atoms with Gasteiger partial charge in [-0.25, -0.2) is 9.97 Å². The summed E-state index contributed by atoms with van der Waals surface area (Å²) < 4.78 is 58.7. The standard InChI is InChI=1S/C11H14.C10H12.C9H7NS.C9H10.C8H7NO.C8H8O2.C7H4F2O2.C7H6O2/c1-2-6-10-8-4-5-9-11(10)7-3-1;1-2-6-10-8-4-3-7-9(10)5-1;1-2-4-8(5-3-1)9-6-11-7-10-9;1-2-5-9-7-3-6-8(9)4-1;1-6-2-3-8-7(4-6)9-5-10-8;1-2-4-8-7(3-1)9-5-6-10-8;8-7(9)10-5-3-1-2-4-6(5)11-7;1-2-4-7-6(3-1)8-5-9-7/h4-5,8-9H,1-3,6-7H2;1-2,5-6H,3-4,7-8H2;1-7H;1-2,4-5H,3,6-7H2;2-5H,1H3;1-4H,5-6H2;1-4H;1-4H,5H2. The lowest BCUT2D eigenvalue weighted by atomic mass is 9.92. The van der Waals surface area contributed by atoms with Crippen LogP contribution < -0.4 is 28.4 Å². The summed E-state index contributed by atoms with van der Waals surface area (Å²) in [5.41, 5.74) is 16.6. The zero-order valence-electron chi connectivity index (χ0n) is 45.7. The van der Waals surface area contributed by atoms with E-state index in [1.165, 1.54) is 107 Å². The van der Waals surface area contributed by atoms with E-state index in [4.69, 9.17) is 23.4 Å². The van der Waals surface area contributed by atoms with Crippen LogP contribution in [0.4, 0.5) is 8.78 Å². The van der Waals surface area contributed by atoms with Crippen molar-refractivity contribution in [1.82, 2.24) is 9.97 Å². The third-order valence-electron chi connectivity index (χ3n) is 13.8. The molecule has 81 heavy (non-hydrogen) atoms. The predicted molar refractivity (Wildman–Crippen MR) is 318 cm³/mol. The molecule has 5 heterocycles. The number of fused-ring (bicyclic) bond motifs is 7. The smallest absolute Gasteiger partial charge is 0.486 e. The van der Waals surface area contributed by atoms with E-state index in [-0.39, 0.29) is 11.5 Å². The maximum Gasteiger partial charge on any atom is 0.586 e. The van der Waals surface area contributed by atoms with Gasteiger partial charge < -0.3 is 32.8 Å². The number of ether oxygens (including phenoxy) is 6. The highest BCUT2D eigenvalue weighted by Crippen LogP contribution is 2.40. The molecule has 0 bridgehead atoms. The van der Waals surface area contributed by atoms with Gasteiger partial charge in [0.05, 0.1) is 11.2 Å². The second-order valence-electron chi connectivity index (χ2n) is 19.6. The fourth-order valence-electron chi connectivity index (χ4n) is 9.71. The summed E-state index contributed by atoms with van der Waals surface area (Å²) in [5.74, 6) is 3.56. The normalized spacial score (nSPS) is 14.6. The van der Waals surface area contributed by atoms with E-state index in [0.717, 1.165) is 39.8 Å². The molecule has 0 saturated carbocycles. The molecule has 0 atom stereocenters. The van der Waals surface area contributed by atoms with E-state index in [1.807, 2.05) is 97.4 Å². The zero-order chi connectivity index (χ0) is 55.7. The van der Waals surface area contributed by atoms with Gasteiger partial charge in [-0.3, -0.25) is 0 Å². The summed E-state index contributed by atoms with van der Waals surface area (Å²) in [6, 6.07) is 63.9. The molecule has 9 nitrogen and oxygen atoms in total. The Hall–Kier alpha value is -8.48. The highest BCUT2D eigenvalue weighted by molar-refractivity contribution is 7.07. The van der Waals surface area contributed by atoms with Gasteiger partial charge in [-0.1, -0.05) is 152 Å². The van der Waals surface area contributed by atoms with Crippen molar-refractivity contribution < 1.29 is 41.6 Å². The van der Waals surface area contributed by atoms with Gasteiger partial charge in [0.15, 0.2) is 46.5 Å². The first kappa shape index (κ1) is 57.2. The second-order valence-corrected chi connectivity index (χ2v) is 20.3. The van der Waals surface area contributed by atoms with Crippen molar-refractivity contribution in [3.8, 4) is 45.8 Å². The third kappa shape index (κ3) is 17.8. The minimum atomic E-state index is -3.50. The van der Waals surface area contributed by atoms with Crippen molar-refractivity contribution >= 4 is 22.4 Å². The molecular weight excluding hydrogens is 1040 g/mol. The fourth-order valence-corrected chi connectivity index (χ4v) is 10.3. The lowest BCUT2D eigenvalue weighted by molar-refractivity contribution is -0.286. The van der Waals surface area contributed by atoms with Crippen molar-refractivity contribution in [3.05, 3.63) is 250 Å². The van der Waals surface area contributed by atoms with Crippen LogP contribution in [0, 0.1) is 6.92 Å². The Morgan fingerprint density at radius 3 is 1.28 bits per heavy atom. The van der Waals surface area contributed by atoms with Crippen molar-refractivity contribution in [2.45, 2.75) is 90.3 Å². The SMILES string of the molecule is Cc1ccc2ocnc2c1.FC1(F)Oc2ccccc2O1.c1ccc(-c2cscn2)cc1.c1ccc2c(c1)CCC2.c1ccc2c(c1)CCCC2.c1ccc2c(c1)CCCCC2.c1ccc2c(c1)OCCO2.c1ccc2c(c1)OCO2. The van der Waals surface area contributed by atoms with Crippen LogP contribution in [-0.4, -0.2) is 36.3 Å². The van der Waals surface area contributed by atoms with Gasteiger partial charge in [-0.15, -0.1) is 20.1 Å². The Morgan fingerprint density at radius 1 is 0.420 bits per heavy atom. The molecular formula is C69H68F2N2O7S. The average Bonchev–Trinajstić information content (AvgIpc) is 4.40. The van der Waals surface area contributed by atoms with Gasteiger partial charge in [0.1, 0.15) is 18.7 Å². The molecule has 2 aromatic heterocycles. The first-order valence-electron chi connectivity index (χ1n) is 27.8. The van der Waals surface area contributed by atoms with Gasteiger partial charge in [-0.05, 0) is 165 Å². The Morgan fingerprint density at radius 2 is 0.827 bits per heavy atom. The minimum absolute atomic E-state index is 0.0810. The van der Waals surface area contributed by atoms with E-state index < -0.39 is 6.29 Å². The topological polar surface area (TPSA) is 94.3 Å². The summed E-state index contributed by atoms with van der Waals surface area (Å²) in [6.45, 7) is 3.72. The molecule has 8 aromatic carbocycles. The Kier molecular flexibility index (Phi) is 21.3. The number of oxazole rings is 1. The van der Waals surface area contributed by atoms with Crippen molar-refractivity contribution in [2.75, 3.05) is 20.0 Å². The quantitative estimate of drug-likeness (QED) is 0.149. The van der Waals surface area contributed by atoms with Crippen molar-refractivity contribution in [1.29, 1.82) is 0 Å². The first-order valence-corrected chi connectivity index (χ1v) is 28.8. The number of aryl methyl sites for hydroxylation is 7. The summed E-state index contributed by atoms with van der Waals surface area (Å²) >= 11 is 1.62. The molecule has 16 rings (SSSR count). The minimum Gasteiger partial charge on any atom is -0.486 e. The molecule has 0 radical (unpaired) electrons. The van der Waals surface area contributed by atoms with Gasteiger partial charge in [0, 0.05) is 10.9 Å². The number of para-hydroxylation sites is 6. The molecule has 416 valence electrons. The van der Waals surface area contributed by atoms with E-state index in [1.54, 1.807) is 56.9 Å². The van der Waals surface area contributed by atoms with Crippen molar-refractivity contribution in [2.24, 2.45) is 0 Å². The van der Waals surface area contributed by atoms with Crippen molar-refractivity contribution in [3.63, 3.8) is 0 Å². The lowest BCUT2D eigenvalue weighted by Crippen LogP contribution is -2.25. The van der Waals surface area contributed by atoms with E-state index in [9.17, 15) is 8.78 Å². The van der Waals surface area contributed by atoms with Crippen LogP contribution in [0.3, 0.4) is 0 Å². The summed E-state index contributed by atoms with van der Waals surface area (Å²) in [5, 5.41) is 2.05. The van der Waals surface area contributed by atoms with Crippen LogP contribution in [0.25, 0.3) is 22.4 Å². The number of nitrogens with zero attached hydrogens (tertiary/aromatic N) is 2. The molecule has 0 unspecified atom stereocenters. The number of halogens is 2. The Balaban J connectivity index is 0.000000112. The molecule has 0 N–H and O–H groups in total. The number of rotatable bonds is 1. The number of hydrogen-bond donors (Lipinski definition) is 0. The maximum absolute atomic E-state index is 12.3. The maximum atomic E-state index is 12.3. The molecule has 0 amide bonds. The van der Waals surface area contributed by atoms with Gasteiger partial charge in [-0.2, -0.15) is 0 Å². The largest absolute Gasteiger partial charge is 0.586 e. The highest BCUT2D eigenvalue weighted by atomic mass is 32.1. The summed E-state index contributed by atoms with van der Waals surface area (Å²) in [4.78, 5) is 8.22. The summed E-state index contributed by atoms with van der Waals surface area (Å²) in [6.07, 6.45) is 14.1. The van der Waals surface area contributed by atoms with Crippen LogP contribution in [-0.2, 0) is 38.5 Å². The van der Waals surface area contributed by atoms with Crippen LogP contribution in [0.1, 0.15) is 77.5 Å². The Bertz CT molecular complexity index is 3210. The first-order chi connectivity index (χ1) is 39.8. The molecule has 3 aliphatic heterocycles. The number of alkyl halides is 2. The molecule has 3 aliphatic carbocycles. The Labute approximate surface area is 478 Å². The average molecular weight is 1110 g/mol. The van der Waals surface area contributed by atoms with E-state index in [0.29, 0.717) is 20.0 Å². The number of thiazole rings is 1. The zero-order valence-corrected chi connectivity index (χ0v) is 46.5.